The second-order valence-electron chi connectivity index (χ2n) is 6.19. The molecule has 0 unspecified atom stereocenters. The van der Waals surface area contributed by atoms with Crippen molar-refractivity contribution >= 4 is 29.1 Å². The van der Waals surface area contributed by atoms with E-state index in [4.69, 9.17) is 23.2 Å². The van der Waals surface area contributed by atoms with Crippen molar-refractivity contribution in [2.75, 3.05) is 6.54 Å². The third kappa shape index (κ3) is 3.54. The molecule has 0 aromatic heterocycles. The number of nitrogens with one attached hydrogen (secondary N) is 1. The Balaban J connectivity index is 1.60. The summed E-state index contributed by atoms with van der Waals surface area (Å²) in [6.45, 7) is 2.61. The maximum absolute atomic E-state index is 12.6. The normalized spacial score (nSPS) is 15.3. The molecule has 1 fully saturated rings. The molecule has 1 N–H and O–H groups in total. The number of hydrogen-bond acceptors (Lipinski definition) is 1. The van der Waals surface area contributed by atoms with Gasteiger partial charge in [0.2, 0.25) is 5.91 Å². The van der Waals surface area contributed by atoms with Crippen LogP contribution >= 0.6 is 23.2 Å². The minimum absolute atomic E-state index is 0.100. The summed E-state index contributed by atoms with van der Waals surface area (Å²) in [6, 6.07) is 13.6. The number of carbonyl (C=O) groups is 1. The maximum Gasteiger partial charge on any atom is 0.230 e. The molecular formula is C19H19Cl2NO. The van der Waals surface area contributed by atoms with Crippen LogP contribution in [0.3, 0.4) is 0 Å². The molecular weight excluding hydrogens is 329 g/mol. The first kappa shape index (κ1) is 16.4. The van der Waals surface area contributed by atoms with Crippen molar-refractivity contribution in [1.29, 1.82) is 0 Å². The van der Waals surface area contributed by atoms with E-state index in [1.165, 1.54) is 0 Å². The summed E-state index contributed by atoms with van der Waals surface area (Å²) >= 11 is 12.2. The summed E-state index contributed by atoms with van der Waals surface area (Å²) < 4.78 is 0. The quantitative estimate of drug-likeness (QED) is 0.834. The number of amides is 1. The summed E-state index contributed by atoms with van der Waals surface area (Å²) in [5.41, 5.74) is 2.89. The van der Waals surface area contributed by atoms with E-state index < -0.39 is 0 Å². The lowest BCUT2D eigenvalue weighted by Gasteiger charge is -2.16. The second kappa shape index (κ2) is 6.54. The highest BCUT2D eigenvalue weighted by molar-refractivity contribution is 6.31. The summed E-state index contributed by atoms with van der Waals surface area (Å²) in [5.74, 6) is 0.100. The Bertz CT molecular complexity index is 721. The molecule has 0 radical (unpaired) electrons. The van der Waals surface area contributed by atoms with Gasteiger partial charge in [-0.3, -0.25) is 4.79 Å². The monoisotopic (exact) mass is 347 g/mol. The van der Waals surface area contributed by atoms with Crippen LogP contribution in [0.4, 0.5) is 0 Å². The van der Waals surface area contributed by atoms with Gasteiger partial charge >= 0.3 is 0 Å². The second-order valence-corrected chi connectivity index (χ2v) is 7.03. The smallest absolute Gasteiger partial charge is 0.230 e. The molecule has 0 aliphatic heterocycles. The van der Waals surface area contributed by atoms with Gasteiger partial charge in [-0.25, -0.2) is 0 Å². The molecule has 0 atom stereocenters. The van der Waals surface area contributed by atoms with Crippen molar-refractivity contribution in [1.82, 2.24) is 5.32 Å². The van der Waals surface area contributed by atoms with Crippen LogP contribution in [-0.2, 0) is 16.6 Å². The summed E-state index contributed by atoms with van der Waals surface area (Å²) in [5, 5.41) is 4.51. The molecule has 2 nitrogen and oxygen atoms in total. The largest absolute Gasteiger partial charge is 0.355 e. The molecule has 1 aliphatic carbocycles. The zero-order valence-electron chi connectivity index (χ0n) is 13.0. The van der Waals surface area contributed by atoms with Crippen LogP contribution in [0.25, 0.3) is 0 Å². The first-order chi connectivity index (χ1) is 11.0. The summed E-state index contributed by atoms with van der Waals surface area (Å²) in [4.78, 5) is 12.6. The lowest BCUT2D eigenvalue weighted by atomic mass is 9.95. The number of halogens is 2. The van der Waals surface area contributed by atoms with Gasteiger partial charge in [0.15, 0.2) is 0 Å². The number of hydrogen-bond donors (Lipinski definition) is 1. The molecule has 0 spiro atoms. The van der Waals surface area contributed by atoms with Crippen molar-refractivity contribution < 1.29 is 4.79 Å². The topological polar surface area (TPSA) is 29.1 Å². The Morgan fingerprint density at radius 3 is 2.43 bits per heavy atom. The third-order valence-electron chi connectivity index (χ3n) is 4.47. The molecule has 120 valence electrons. The average Bonchev–Trinajstić information content (AvgIpc) is 3.32. The van der Waals surface area contributed by atoms with E-state index in [1.54, 1.807) is 0 Å². The van der Waals surface area contributed by atoms with Crippen LogP contribution in [0.5, 0.6) is 0 Å². The van der Waals surface area contributed by atoms with E-state index in [0.29, 0.717) is 11.6 Å². The van der Waals surface area contributed by atoms with Crippen molar-refractivity contribution in [2.24, 2.45) is 0 Å². The van der Waals surface area contributed by atoms with E-state index >= 15 is 0 Å². The average molecular weight is 348 g/mol. The van der Waals surface area contributed by atoms with Crippen LogP contribution in [-0.4, -0.2) is 12.5 Å². The minimum atomic E-state index is -0.359. The lowest BCUT2D eigenvalue weighted by molar-refractivity contribution is -0.123. The molecule has 1 aliphatic rings. The van der Waals surface area contributed by atoms with E-state index in [9.17, 15) is 4.79 Å². The van der Waals surface area contributed by atoms with Gasteiger partial charge in [0, 0.05) is 16.6 Å². The molecule has 4 heteroatoms. The first-order valence-corrected chi connectivity index (χ1v) is 8.56. The van der Waals surface area contributed by atoms with Crippen LogP contribution < -0.4 is 5.32 Å². The Kier molecular flexibility index (Phi) is 4.65. The number of benzene rings is 2. The Morgan fingerprint density at radius 1 is 1.13 bits per heavy atom. The van der Waals surface area contributed by atoms with E-state index in [-0.39, 0.29) is 11.3 Å². The number of rotatable bonds is 5. The van der Waals surface area contributed by atoms with Crippen LogP contribution in [0.2, 0.25) is 10.0 Å². The Morgan fingerprint density at radius 2 is 1.83 bits per heavy atom. The van der Waals surface area contributed by atoms with Crippen molar-refractivity contribution in [3.8, 4) is 0 Å². The molecule has 0 bridgehead atoms. The van der Waals surface area contributed by atoms with E-state index in [2.05, 4.69) is 5.32 Å². The van der Waals surface area contributed by atoms with E-state index in [1.807, 2.05) is 49.4 Å². The lowest BCUT2D eigenvalue weighted by Crippen LogP contribution is -2.35. The predicted octanol–water partition coefficient (Wildman–Crippen LogP) is 4.69. The third-order valence-corrected chi connectivity index (χ3v) is 5.07. The van der Waals surface area contributed by atoms with Gasteiger partial charge in [-0.1, -0.05) is 47.5 Å². The summed E-state index contributed by atoms with van der Waals surface area (Å²) in [6.07, 6.45) is 2.53. The predicted molar refractivity (Wildman–Crippen MR) is 95.3 cm³/mol. The van der Waals surface area contributed by atoms with E-state index in [0.717, 1.165) is 41.0 Å². The van der Waals surface area contributed by atoms with Gasteiger partial charge in [0.1, 0.15) is 0 Å². The fraction of sp³-hybridized carbons (Fsp3) is 0.316. The minimum Gasteiger partial charge on any atom is -0.355 e. The van der Waals surface area contributed by atoms with Gasteiger partial charge in [0.05, 0.1) is 5.41 Å². The zero-order chi connectivity index (χ0) is 16.4. The highest BCUT2D eigenvalue weighted by Crippen LogP contribution is 2.48. The fourth-order valence-corrected chi connectivity index (χ4v) is 3.33. The SMILES string of the molecule is Cc1ccc(CCNC(=O)C2(c3ccc(Cl)cc3)CC2)c(Cl)c1. The molecule has 2 aromatic carbocycles. The maximum atomic E-state index is 12.6. The van der Waals surface area contributed by atoms with Crippen molar-refractivity contribution in [3.63, 3.8) is 0 Å². The fourth-order valence-electron chi connectivity index (χ4n) is 2.88. The molecule has 3 rings (SSSR count). The van der Waals surface area contributed by atoms with Crippen LogP contribution in [0, 0.1) is 6.92 Å². The molecule has 0 heterocycles. The highest BCUT2D eigenvalue weighted by atomic mass is 35.5. The standard InChI is InChI=1S/C19H19Cl2NO/c1-13-2-3-14(17(21)12-13)8-11-22-18(23)19(9-10-19)15-4-6-16(20)7-5-15/h2-7,12H,8-11H2,1H3,(H,22,23). The van der Waals surface area contributed by atoms with Gasteiger partial charge in [-0.15, -0.1) is 0 Å². The Labute approximate surface area is 146 Å². The molecule has 2 aromatic rings. The van der Waals surface area contributed by atoms with Crippen LogP contribution in [0.1, 0.15) is 29.5 Å². The summed E-state index contributed by atoms with van der Waals surface area (Å²) in [7, 11) is 0. The zero-order valence-corrected chi connectivity index (χ0v) is 14.5. The molecule has 1 saturated carbocycles. The number of aryl methyl sites for hydroxylation is 1. The van der Waals surface area contributed by atoms with Gasteiger partial charge < -0.3 is 5.32 Å². The number of carbonyl (C=O) groups excluding carboxylic acids is 1. The van der Waals surface area contributed by atoms with Gasteiger partial charge in [-0.2, -0.15) is 0 Å². The van der Waals surface area contributed by atoms with Crippen molar-refractivity contribution in [3.05, 3.63) is 69.2 Å². The molecule has 23 heavy (non-hydrogen) atoms. The van der Waals surface area contributed by atoms with Gasteiger partial charge in [-0.05, 0) is 61.1 Å². The van der Waals surface area contributed by atoms with Crippen molar-refractivity contribution in [2.45, 2.75) is 31.6 Å². The molecule has 0 saturated heterocycles. The first-order valence-electron chi connectivity index (χ1n) is 7.81. The highest BCUT2D eigenvalue weighted by Gasteiger charge is 2.50. The van der Waals surface area contributed by atoms with Crippen LogP contribution in [0.15, 0.2) is 42.5 Å². The van der Waals surface area contributed by atoms with Gasteiger partial charge in [0.25, 0.3) is 0 Å². The molecule has 1 amide bonds. The Hall–Kier alpha value is -1.51.